The maximum absolute atomic E-state index is 13.6. The molecule has 144 valence electrons. The van der Waals surface area contributed by atoms with Crippen molar-refractivity contribution in [3.05, 3.63) is 29.6 Å². The molecule has 1 unspecified atom stereocenters. The van der Waals surface area contributed by atoms with Crippen LogP contribution in [0.4, 0.5) is 4.39 Å². The van der Waals surface area contributed by atoms with Gasteiger partial charge in [0, 0.05) is 12.0 Å². The normalized spacial score (nSPS) is 16.0. The molecule has 1 aliphatic heterocycles. The number of nitrogens with one attached hydrogen (secondary N) is 1. The molecule has 1 saturated heterocycles. The Balaban J connectivity index is 1.91. The van der Waals surface area contributed by atoms with Gasteiger partial charge in [0.25, 0.3) is 0 Å². The van der Waals surface area contributed by atoms with Crippen molar-refractivity contribution in [2.45, 2.75) is 65.0 Å². The molecule has 2 rings (SSSR count). The third kappa shape index (κ3) is 4.96. The highest BCUT2D eigenvalue weighted by Crippen LogP contribution is 2.33. The molecule has 0 bridgehead atoms. The average molecular weight is 364 g/mol. The van der Waals surface area contributed by atoms with Crippen LogP contribution < -0.4 is 10.1 Å². The van der Waals surface area contributed by atoms with E-state index in [-0.39, 0.29) is 29.2 Å². The molecule has 1 fully saturated rings. The summed E-state index contributed by atoms with van der Waals surface area (Å²) in [7, 11) is 0. The van der Waals surface area contributed by atoms with E-state index in [2.05, 4.69) is 5.32 Å². The number of likely N-dealkylation sites (tertiary alicyclic amines) is 1. The quantitative estimate of drug-likeness (QED) is 0.844. The number of nitrogens with zero attached hydrogens (tertiary/aromatic N) is 1. The lowest BCUT2D eigenvalue weighted by Crippen LogP contribution is -2.60. The lowest BCUT2D eigenvalue weighted by molar-refractivity contribution is -0.143. The maximum Gasteiger partial charge on any atom is 0.245 e. The van der Waals surface area contributed by atoms with Crippen LogP contribution in [0.5, 0.6) is 5.75 Å². The fourth-order valence-corrected chi connectivity index (χ4v) is 2.94. The van der Waals surface area contributed by atoms with E-state index in [4.69, 9.17) is 4.74 Å². The van der Waals surface area contributed by atoms with Gasteiger partial charge in [0.05, 0.1) is 13.1 Å². The topological polar surface area (TPSA) is 58.6 Å². The second-order valence-corrected chi connectivity index (χ2v) is 7.91. The van der Waals surface area contributed by atoms with Gasteiger partial charge < -0.3 is 15.0 Å². The molecule has 6 heteroatoms. The Morgan fingerprint density at radius 3 is 2.58 bits per heavy atom. The Morgan fingerprint density at radius 1 is 1.35 bits per heavy atom. The van der Waals surface area contributed by atoms with Crippen molar-refractivity contribution in [3.63, 3.8) is 0 Å². The van der Waals surface area contributed by atoms with Crippen molar-refractivity contribution in [1.29, 1.82) is 0 Å². The molecular weight excluding hydrogens is 335 g/mol. The van der Waals surface area contributed by atoms with Crippen LogP contribution in [-0.4, -0.2) is 41.9 Å². The fraction of sp³-hybridized carbons (Fsp3) is 0.600. The molecule has 0 aromatic heterocycles. The van der Waals surface area contributed by atoms with Crippen LogP contribution in [-0.2, 0) is 15.0 Å². The highest BCUT2D eigenvalue weighted by atomic mass is 19.1. The molecule has 1 heterocycles. The van der Waals surface area contributed by atoms with Crippen molar-refractivity contribution < 1.29 is 18.7 Å². The first-order valence-corrected chi connectivity index (χ1v) is 9.16. The summed E-state index contributed by atoms with van der Waals surface area (Å²) in [6.07, 6.45) is 1.05. The molecule has 0 radical (unpaired) electrons. The van der Waals surface area contributed by atoms with E-state index in [1.807, 2.05) is 27.7 Å². The molecule has 2 amide bonds. The van der Waals surface area contributed by atoms with Gasteiger partial charge in [0.15, 0.2) is 0 Å². The predicted molar refractivity (Wildman–Crippen MR) is 98.6 cm³/mol. The lowest BCUT2D eigenvalue weighted by atomic mass is 9.86. The van der Waals surface area contributed by atoms with Gasteiger partial charge in [0.1, 0.15) is 23.7 Å². The van der Waals surface area contributed by atoms with Crippen LogP contribution in [0.2, 0.25) is 0 Å². The minimum Gasteiger partial charge on any atom is -0.486 e. The van der Waals surface area contributed by atoms with Gasteiger partial charge in [-0.05, 0) is 37.0 Å². The summed E-state index contributed by atoms with van der Waals surface area (Å²) in [5.41, 5.74) is 0.567. The molecule has 26 heavy (non-hydrogen) atoms. The van der Waals surface area contributed by atoms with Gasteiger partial charge in [-0.2, -0.15) is 0 Å². The van der Waals surface area contributed by atoms with E-state index < -0.39 is 6.04 Å². The Bertz CT molecular complexity index is 664. The molecule has 1 atom stereocenters. The second kappa shape index (κ2) is 8.06. The number of carbonyl (C=O) groups is 2. The highest BCUT2D eigenvalue weighted by Gasteiger charge is 2.35. The van der Waals surface area contributed by atoms with E-state index in [0.717, 1.165) is 12.0 Å². The molecule has 1 aromatic rings. The Morgan fingerprint density at radius 2 is 2.00 bits per heavy atom. The Kier molecular flexibility index (Phi) is 6.26. The summed E-state index contributed by atoms with van der Waals surface area (Å²) in [5.74, 6) is 0.150. The van der Waals surface area contributed by atoms with Crippen LogP contribution in [0.1, 0.15) is 53.0 Å². The number of benzene rings is 1. The van der Waals surface area contributed by atoms with Crippen LogP contribution in [0.15, 0.2) is 18.2 Å². The maximum atomic E-state index is 13.6. The van der Waals surface area contributed by atoms with Crippen LogP contribution in [0.25, 0.3) is 0 Å². The largest absolute Gasteiger partial charge is 0.486 e. The minimum atomic E-state index is -0.536. The Labute approximate surface area is 154 Å². The van der Waals surface area contributed by atoms with E-state index in [1.54, 1.807) is 17.9 Å². The molecular formula is C20H29FN2O3. The first-order chi connectivity index (χ1) is 12.1. The van der Waals surface area contributed by atoms with Gasteiger partial charge >= 0.3 is 0 Å². The van der Waals surface area contributed by atoms with Gasteiger partial charge in [-0.15, -0.1) is 0 Å². The summed E-state index contributed by atoms with van der Waals surface area (Å²) < 4.78 is 19.6. The molecule has 1 aromatic carbocycles. The SMILES string of the molecule is CCCC(=O)NC(C)C(=O)N1CC(Oc2ccc(F)cc2C(C)(C)C)C1. The van der Waals surface area contributed by atoms with Crippen molar-refractivity contribution >= 4 is 11.8 Å². The monoisotopic (exact) mass is 364 g/mol. The zero-order chi connectivity index (χ0) is 19.5. The summed E-state index contributed by atoms with van der Waals surface area (Å²) in [4.78, 5) is 25.6. The van der Waals surface area contributed by atoms with Gasteiger partial charge in [-0.25, -0.2) is 4.39 Å². The standard InChI is InChI=1S/C20H29FN2O3/c1-6-7-18(24)22-13(2)19(25)23-11-15(12-23)26-17-9-8-14(21)10-16(17)20(3,4)5/h8-10,13,15H,6-7,11-12H2,1-5H3,(H,22,24). The summed E-state index contributed by atoms with van der Waals surface area (Å²) >= 11 is 0. The van der Waals surface area contributed by atoms with Crippen molar-refractivity contribution in [1.82, 2.24) is 10.2 Å². The van der Waals surface area contributed by atoms with Crippen molar-refractivity contribution in [3.8, 4) is 5.75 Å². The van der Waals surface area contributed by atoms with Crippen molar-refractivity contribution in [2.75, 3.05) is 13.1 Å². The molecule has 1 N–H and O–H groups in total. The molecule has 5 nitrogen and oxygen atoms in total. The zero-order valence-corrected chi connectivity index (χ0v) is 16.3. The molecule has 0 saturated carbocycles. The first-order valence-electron chi connectivity index (χ1n) is 9.16. The van der Waals surface area contributed by atoms with E-state index >= 15 is 0 Å². The van der Waals surface area contributed by atoms with Gasteiger partial charge in [-0.1, -0.05) is 27.7 Å². The van der Waals surface area contributed by atoms with Crippen LogP contribution in [0, 0.1) is 5.82 Å². The first kappa shape index (κ1) is 20.2. The number of ether oxygens (including phenoxy) is 1. The van der Waals surface area contributed by atoms with Crippen LogP contribution >= 0.6 is 0 Å². The van der Waals surface area contributed by atoms with E-state index in [9.17, 15) is 14.0 Å². The number of hydrogen-bond donors (Lipinski definition) is 1. The number of rotatable bonds is 6. The second-order valence-electron chi connectivity index (χ2n) is 7.91. The number of hydrogen-bond acceptors (Lipinski definition) is 3. The third-order valence-electron chi connectivity index (χ3n) is 4.43. The fourth-order valence-electron chi connectivity index (χ4n) is 2.94. The van der Waals surface area contributed by atoms with Crippen LogP contribution in [0.3, 0.4) is 0 Å². The van der Waals surface area contributed by atoms with Crippen molar-refractivity contribution in [2.24, 2.45) is 0 Å². The van der Waals surface area contributed by atoms with Gasteiger partial charge in [0.2, 0.25) is 11.8 Å². The smallest absolute Gasteiger partial charge is 0.245 e. The number of amides is 2. The highest BCUT2D eigenvalue weighted by molar-refractivity contribution is 5.87. The van der Waals surface area contributed by atoms with Gasteiger partial charge in [-0.3, -0.25) is 9.59 Å². The number of halogens is 1. The molecule has 0 aliphatic carbocycles. The number of carbonyl (C=O) groups excluding carboxylic acids is 2. The predicted octanol–water partition coefficient (Wildman–Crippen LogP) is 3.02. The lowest BCUT2D eigenvalue weighted by Gasteiger charge is -2.41. The van der Waals surface area contributed by atoms with E-state index in [0.29, 0.717) is 25.3 Å². The zero-order valence-electron chi connectivity index (χ0n) is 16.3. The summed E-state index contributed by atoms with van der Waals surface area (Å²) in [6, 6.07) is 4.00. The summed E-state index contributed by atoms with van der Waals surface area (Å²) in [5, 5.41) is 2.72. The molecule has 0 spiro atoms. The molecule has 1 aliphatic rings. The third-order valence-corrected chi connectivity index (χ3v) is 4.43. The minimum absolute atomic E-state index is 0.107. The average Bonchev–Trinajstić information content (AvgIpc) is 2.50. The Hall–Kier alpha value is -2.11. The summed E-state index contributed by atoms with van der Waals surface area (Å²) in [6.45, 7) is 10.6. The van der Waals surface area contributed by atoms with E-state index in [1.165, 1.54) is 12.1 Å².